The fourth-order valence-electron chi connectivity index (χ4n) is 0.0577. The molecule has 0 aliphatic carbocycles. The molecule has 0 amide bonds. The van der Waals surface area contributed by atoms with Gasteiger partial charge in [-0.1, -0.05) is 0 Å². The molecule has 0 saturated heterocycles. The van der Waals surface area contributed by atoms with Crippen molar-refractivity contribution in [3.8, 4) is 0 Å². The van der Waals surface area contributed by atoms with E-state index in [0.29, 0.717) is 0 Å². The maximum atomic E-state index is 8.17. The Hall–Kier alpha value is 0.437. The van der Waals surface area contributed by atoms with E-state index < -0.39 is 6.10 Å². The Morgan fingerprint density at radius 3 is 1.38 bits per heavy atom. The van der Waals surface area contributed by atoms with E-state index in [2.05, 4.69) is 0 Å². The predicted molar refractivity (Wildman–Crippen MR) is 22.1 cm³/mol. The van der Waals surface area contributed by atoms with Crippen LogP contribution in [0.2, 0.25) is 0 Å². The van der Waals surface area contributed by atoms with Gasteiger partial charge in [-0.3, -0.25) is 0 Å². The van der Waals surface area contributed by atoms with Gasteiger partial charge in [0.15, 0.2) is 0 Å². The average Bonchev–Trinajstić information content (AvgIpc) is 1.65. The summed E-state index contributed by atoms with van der Waals surface area (Å²) in [5.74, 6) is 0. The van der Waals surface area contributed by atoms with Crippen molar-refractivity contribution in [1.82, 2.24) is 0 Å². The van der Waals surface area contributed by atoms with Gasteiger partial charge in [-0.15, -0.1) is 0 Å². The quantitative estimate of drug-likeness (QED) is 0.315. The largest absolute Gasteiger partial charge is 1.00 e. The third-order valence-corrected chi connectivity index (χ3v) is 0.421. The molecule has 46 valence electrons. The van der Waals surface area contributed by atoms with E-state index in [-0.39, 0.29) is 37.6 Å². The molecular formula is C3H9LiO4. The second-order valence-corrected chi connectivity index (χ2v) is 1.02. The molecule has 0 aliphatic rings. The van der Waals surface area contributed by atoms with Crippen LogP contribution in [0.5, 0.6) is 0 Å². The zero-order valence-electron chi connectivity index (χ0n) is 4.78. The Bertz CT molecular complexity index is 30.5. The second-order valence-electron chi connectivity index (χ2n) is 1.02. The van der Waals surface area contributed by atoms with Crippen LogP contribution in [0, 0.1) is 0 Å². The van der Waals surface area contributed by atoms with Gasteiger partial charge in [0, 0.05) is 0 Å². The molecule has 4 nitrogen and oxygen atoms in total. The first-order valence-electron chi connectivity index (χ1n) is 1.71. The Kier molecular flexibility index (Phi) is 20.6. The molecule has 0 spiro atoms. The van der Waals surface area contributed by atoms with Gasteiger partial charge >= 0.3 is 18.9 Å². The molecule has 0 unspecified atom stereocenters. The zero-order valence-corrected chi connectivity index (χ0v) is 4.78. The molecule has 8 heavy (non-hydrogen) atoms. The van der Waals surface area contributed by atoms with Crippen molar-refractivity contribution in [3.05, 3.63) is 0 Å². The summed E-state index contributed by atoms with van der Waals surface area (Å²) in [5, 5.41) is 24.0. The minimum Gasteiger partial charge on any atom is -0.870 e. The monoisotopic (exact) mass is 116 g/mol. The van der Waals surface area contributed by atoms with Crippen molar-refractivity contribution in [1.29, 1.82) is 0 Å². The molecule has 0 aliphatic heterocycles. The smallest absolute Gasteiger partial charge is 0.870 e. The first-order valence-corrected chi connectivity index (χ1v) is 1.71. The van der Waals surface area contributed by atoms with Crippen LogP contribution in [0.25, 0.3) is 0 Å². The van der Waals surface area contributed by atoms with Gasteiger partial charge < -0.3 is 20.8 Å². The van der Waals surface area contributed by atoms with Gasteiger partial charge in [-0.2, -0.15) is 0 Å². The van der Waals surface area contributed by atoms with E-state index in [1.54, 1.807) is 0 Å². The molecule has 0 fully saturated rings. The molecule has 0 heterocycles. The minimum atomic E-state index is -0.954. The summed E-state index contributed by atoms with van der Waals surface area (Å²) in [6.07, 6.45) is -0.954. The Balaban J connectivity index is -0.000000125. The second kappa shape index (κ2) is 10.4. The van der Waals surface area contributed by atoms with Crippen LogP contribution >= 0.6 is 0 Å². The van der Waals surface area contributed by atoms with Crippen molar-refractivity contribution < 1.29 is 39.7 Å². The molecule has 0 radical (unpaired) electrons. The van der Waals surface area contributed by atoms with E-state index >= 15 is 0 Å². The summed E-state index contributed by atoms with van der Waals surface area (Å²) in [7, 11) is 0. The molecule has 0 aromatic carbocycles. The summed E-state index contributed by atoms with van der Waals surface area (Å²) in [6.45, 7) is -0.729. The van der Waals surface area contributed by atoms with Crippen molar-refractivity contribution in [2.75, 3.05) is 13.2 Å². The molecule has 5 heteroatoms. The summed E-state index contributed by atoms with van der Waals surface area (Å²) in [6, 6.07) is 0. The van der Waals surface area contributed by atoms with Crippen molar-refractivity contribution >= 4 is 0 Å². The summed E-state index contributed by atoms with van der Waals surface area (Å²) < 4.78 is 0. The van der Waals surface area contributed by atoms with Crippen LogP contribution in [0.15, 0.2) is 0 Å². The van der Waals surface area contributed by atoms with E-state index in [9.17, 15) is 0 Å². The molecule has 0 aromatic rings. The van der Waals surface area contributed by atoms with Gasteiger partial charge in [-0.05, 0) is 0 Å². The van der Waals surface area contributed by atoms with Crippen molar-refractivity contribution in [2.45, 2.75) is 6.10 Å². The molecule has 0 saturated carbocycles. The standard InChI is InChI=1S/C3H8O3.Li.H2O/c4-1-3(6)2-5;;/h3-6H,1-2H2;;1H2/q;+1;/p-1. The first-order chi connectivity index (χ1) is 2.81. The van der Waals surface area contributed by atoms with E-state index in [1.807, 2.05) is 0 Å². The first kappa shape index (κ1) is 15.8. The molecule has 0 atom stereocenters. The van der Waals surface area contributed by atoms with Gasteiger partial charge in [-0.25, -0.2) is 0 Å². The van der Waals surface area contributed by atoms with Gasteiger partial charge in [0.05, 0.1) is 13.2 Å². The predicted octanol–water partition coefficient (Wildman–Crippen LogP) is -4.84. The maximum absolute atomic E-state index is 8.17. The SMILES string of the molecule is OCC(O)CO.[Li+].[OH-]. The maximum Gasteiger partial charge on any atom is 1.00 e. The van der Waals surface area contributed by atoms with Crippen molar-refractivity contribution in [2.24, 2.45) is 0 Å². The number of hydrogen-bond acceptors (Lipinski definition) is 4. The topological polar surface area (TPSA) is 90.7 Å². The number of rotatable bonds is 2. The number of hydrogen-bond donors (Lipinski definition) is 3. The van der Waals surface area contributed by atoms with Crippen LogP contribution in [-0.2, 0) is 0 Å². The minimum absolute atomic E-state index is 0. The average molecular weight is 116 g/mol. The molecule has 4 N–H and O–H groups in total. The Morgan fingerprint density at radius 1 is 1.12 bits per heavy atom. The summed E-state index contributed by atoms with van der Waals surface area (Å²) in [5.41, 5.74) is 0. The van der Waals surface area contributed by atoms with Gasteiger partial charge in [0.2, 0.25) is 0 Å². The van der Waals surface area contributed by atoms with E-state index in [1.165, 1.54) is 0 Å². The van der Waals surface area contributed by atoms with Crippen LogP contribution in [0.3, 0.4) is 0 Å². The van der Waals surface area contributed by atoms with Crippen LogP contribution < -0.4 is 18.9 Å². The van der Waals surface area contributed by atoms with Crippen LogP contribution in [0.1, 0.15) is 0 Å². The van der Waals surface area contributed by atoms with Crippen molar-refractivity contribution in [3.63, 3.8) is 0 Å². The number of aliphatic hydroxyl groups is 3. The van der Waals surface area contributed by atoms with Gasteiger partial charge in [0.1, 0.15) is 6.10 Å². The number of aliphatic hydroxyl groups excluding tert-OH is 3. The third-order valence-electron chi connectivity index (χ3n) is 0.421. The molecular weight excluding hydrogens is 107 g/mol. The molecule has 0 bridgehead atoms. The molecule has 0 rings (SSSR count). The van der Waals surface area contributed by atoms with E-state index in [4.69, 9.17) is 15.3 Å². The molecule has 0 aromatic heterocycles. The zero-order chi connectivity index (χ0) is 4.99. The summed E-state index contributed by atoms with van der Waals surface area (Å²) in [4.78, 5) is 0. The van der Waals surface area contributed by atoms with E-state index in [0.717, 1.165) is 0 Å². The van der Waals surface area contributed by atoms with Crippen LogP contribution in [-0.4, -0.2) is 40.1 Å². The Morgan fingerprint density at radius 2 is 1.38 bits per heavy atom. The summed E-state index contributed by atoms with van der Waals surface area (Å²) >= 11 is 0. The third kappa shape index (κ3) is 9.67. The fraction of sp³-hybridized carbons (Fsp3) is 1.00. The Labute approximate surface area is 59.6 Å². The van der Waals surface area contributed by atoms with Gasteiger partial charge in [0.25, 0.3) is 0 Å². The normalized spacial score (nSPS) is 7.50. The van der Waals surface area contributed by atoms with Crippen LogP contribution in [0.4, 0.5) is 0 Å². The fourth-order valence-corrected chi connectivity index (χ4v) is 0.0577.